The van der Waals surface area contributed by atoms with Crippen LogP contribution in [0, 0.1) is 17.2 Å². The minimum absolute atomic E-state index is 0.386. The number of benzene rings is 1. The van der Waals surface area contributed by atoms with Crippen LogP contribution in [0.3, 0.4) is 0 Å². The molecule has 2 saturated heterocycles. The predicted octanol–water partition coefficient (Wildman–Crippen LogP) is 3.81. The highest BCUT2D eigenvalue weighted by Crippen LogP contribution is 2.34. The zero-order valence-electron chi connectivity index (χ0n) is 15.1. The molecule has 2 heterocycles. The molecule has 3 rings (SSSR count). The van der Waals surface area contributed by atoms with Gasteiger partial charge in [-0.3, -0.25) is 0 Å². The summed E-state index contributed by atoms with van der Waals surface area (Å²) in [7, 11) is 0. The third kappa shape index (κ3) is 4.96. The number of hydrogen-bond donors (Lipinski definition) is 1. The molecule has 0 aliphatic carbocycles. The molecule has 0 spiro atoms. The SMILES string of the molecule is N#CC1(c2ccc(OCCCC3CCCCNC3)cc2)CCOCC1. The standard InChI is InChI=1S/C21H30N2O2/c22-17-21(10-14-24-15-11-21)19-6-8-20(9-7-19)25-13-3-5-18-4-1-2-12-23-16-18/h6-9,18,23H,1-5,10-16H2. The lowest BCUT2D eigenvalue weighted by Crippen LogP contribution is -2.32. The summed E-state index contributed by atoms with van der Waals surface area (Å²) in [5.74, 6) is 1.71. The smallest absolute Gasteiger partial charge is 0.119 e. The highest BCUT2D eigenvalue weighted by Gasteiger charge is 2.34. The first kappa shape index (κ1) is 18.2. The van der Waals surface area contributed by atoms with E-state index in [0.29, 0.717) is 13.2 Å². The summed E-state index contributed by atoms with van der Waals surface area (Å²) in [6, 6.07) is 10.7. The summed E-state index contributed by atoms with van der Waals surface area (Å²) in [6.07, 6.45) is 7.91. The summed E-state index contributed by atoms with van der Waals surface area (Å²) < 4.78 is 11.3. The van der Waals surface area contributed by atoms with E-state index in [1.807, 2.05) is 12.1 Å². The number of rotatable bonds is 6. The number of ether oxygens (including phenoxy) is 2. The molecule has 1 atom stereocenters. The van der Waals surface area contributed by atoms with E-state index in [4.69, 9.17) is 9.47 Å². The van der Waals surface area contributed by atoms with Gasteiger partial charge in [0.25, 0.3) is 0 Å². The Morgan fingerprint density at radius 2 is 2.00 bits per heavy atom. The molecule has 2 fully saturated rings. The van der Waals surface area contributed by atoms with E-state index in [1.165, 1.54) is 32.2 Å². The second kappa shape index (κ2) is 9.22. The van der Waals surface area contributed by atoms with Crippen molar-refractivity contribution in [3.63, 3.8) is 0 Å². The lowest BCUT2D eigenvalue weighted by Gasteiger charge is -2.31. The van der Waals surface area contributed by atoms with Crippen molar-refractivity contribution < 1.29 is 9.47 Å². The van der Waals surface area contributed by atoms with Crippen molar-refractivity contribution in [1.29, 1.82) is 5.26 Å². The molecular weight excluding hydrogens is 312 g/mol. The summed E-state index contributed by atoms with van der Waals surface area (Å²) in [5, 5.41) is 13.2. The fourth-order valence-corrected chi connectivity index (χ4v) is 3.95. The van der Waals surface area contributed by atoms with E-state index in [9.17, 15) is 5.26 Å². The molecule has 1 unspecified atom stereocenters. The van der Waals surface area contributed by atoms with Gasteiger partial charge in [-0.1, -0.05) is 18.6 Å². The van der Waals surface area contributed by atoms with Crippen LogP contribution in [0.4, 0.5) is 0 Å². The van der Waals surface area contributed by atoms with Gasteiger partial charge in [-0.2, -0.15) is 5.26 Å². The first-order valence-electron chi connectivity index (χ1n) is 9.75. The fourth-order valence-electron chi connectivity index (χ4n) is 3.95. The molecule has 0 bridgehead atoms. The van der Waals surface area contributed by atoms with Crippen molar-refractivity contribution in [3.05, 3.63) is 29.8 Å². The maximum atomic E-state index is 9.64. The van der Waals surface area contributed by atoms with Crippen molar-refractivity contribution in [3.8, 4) is 11.8 Å². The molecule has 2 aliphatic rings. The lowest BCUT2D eigenvalue weighted by atomic mass is 9.75. The van der Waals surface area contributed by atoms with E-state index in [2.05, 4.69) is 23.5 Å². The minimum Gasteiger partial charge on any atom is -0.494 e. The molecule has 1 aromatic carbocycles. The van der Waals surface area contributed by atoms with Crippen molar-refractivity contribution in [1.82, 2.24) is 5.32 Å². The summed E-state index contributed by atoms with van der Waals surface area (Å²) in [6.45, 7) is 4.45. The molecule has 0 amide bonds. The van der Waals surface area contributed by atoms with Gasteiger partial charge in [0.15, 0.2) is 0 Å². The Morgan fingerprint density at radius 3 is 2.76 bits per heavy atom. The van der Waals surface area contributed by atoms with Crippen molar-refractivity contribution in [2.75, 3.05) is 32.9 Å². The minimum atomic E-state index is -0.386. The fraction of sp³-hybridized carbons (Fsp3) is 0.667. The van der Waals surface area contributed by atoms with Gasteiger partial charge in [0.1, 0.15) is 5.75 Å². The number of nitrogens with zero attached hydrogens (tertiary/aromatic N) is 1. The van der Waals surface area contributed by atoms with Gasteiger partial charge in [0.2, 0.25) is 0 Å². The molecule has 4 heteroatoms. The van der Waals surface area contributed by atoms with Crippen molar-refractivity contribution >= 4 is 0 Å². The lowest BCUT2D eigenvalue weighted by molar-refractivity contribution is 0.0675. The maximum absolute atomic E-state index is 9.64. The summed E-state index contributed by atoms with van der Waals surface area (Å²) >= 11 is 0. The van der Waals surface area contributed by atoms with Gasteiger partial charge >= 0.3 is 0 Å². The summed E-state index contributed by atoms with van der Waals surface area (Å²) in [4.78, 5) is 0. The molecular formula is C21H30N2O2. The Morgan fingerprint density at radius 1 is 1.20 bits per heavy atom. The Hall–Kier alpha value is -1.57. The van der Waals surface area contributed by atoms with Crippen LogP contribution in [0.15, 0.2) is 24.3 Å². The van der Waals surface area contributed by atoms with E-state index in [0.717, 1.165) is 49.6 Å². The molecule has 136 valence electrons. The highest BCUT2D eigenvalue weighted by atomic mass is 16.5. The van der Waals surface area contributed by atoms with E-state index in [1.54, 1.807) is 0 Å². The van der Waals surface area contributed by atoms with Gasteiger partial charge in [0.05, 0.1) is 18.1 Å². The largest absolute Gasteiger partial charge is 0.494 e. The maximum Gasteiger partial charge on any atom is 0.119 e. The van der Waals surface area contributed by atoms with Crippen LogP contribution in [0.5, 0.6) is 5.75 Å². The molecule has 2 aliphatic heterocycles. The Labute approximate surface area is 151 Å². The first-order chi connectivity index (χ1) is 12.3. The van der Waals surface area contributed by atoms with Crippen molar-refractivity contribution in [2.24, 2.45) is 5.92 Å². The van der Waals surface area contributed by atoms with Crippen LogP contribution in [0.25, 0.3) is 0 Å². The van der Waals surface area contributed by atoms with Crippen LogP contribution in [0.1, 0.15) is 50.5 Å². The first-order valence-corrected chi connectivity index (χ1v) is 9.75. The van der Waals surface area contributed by atoms with Crippen LogP contribution in [-0.4, -0.2) is 32.9 Å². The van der Waals surface area contributed by atoms with E-state index < -0.39 is 0 Å². The zero-order chi connectivity index (χ0) is 17.4. The van der Waals surface area contributed by atoms with E-state index >= 15 is 0 Å². The number of nitrogens with one attached hydrogen (secondary N) is 1. The molecule has 0 saturated carbocycles. The van der Waals surface area contributed by atoms with Crippen LogP contribution in [-0.2, 0) is 10.2 Å². The molecule has 4 nitrogen and oxygen atoms in total. The highest BCUT2D eigenvalue weighted by molar-refractivity contribution is 5.37. The summed E-state index contributed by atoms with van der Waals surface area (Å²) in [5.41, 5.74) is 0.707. The third-order valence-electron chi connectivity index (χ3n) is 5.64. The second-order valence-electron chi connectivity index (χ2n) is 7.39. The average molecular weight is 342 g/mol. The van der Waals surface area contributed by atoms with Crippen LogP contribution >= 0.6 is 0 Å². The normalized spacial score (nSPS) is 23.4. The second-order valence-corrected chi connectivity index (χ2v) is 7.39. The van der Waals surface area contributed by atoms with Gasteiger partial charge < -0.3 is 14.8 Å². The average Bonchev–Trinajstić information content (AvgIpc) is 2.95. The Balaban J connectivity index is 1.45. The molecule has 1 aromatic rings. The van der Waals surface area contributed by atoms with Gasteiger partial charge in [-0.05, 0) is 75.2 Å². The molecule has 25 heavy (non-hydrogen) atoms. The topological polar surface area (TPSA) is 54.3 Å². The van der Waals surface area contributed by atoms with Gasteiger partial charge in [-0.15, -0.1) is 0 Å². The van der Waals surface area contributed by atoms with Gasteiger partial charge in [0, 0.05) is 13.2 Å². The molecule has 0 radical (unpaired) electrons. The van der Waals surface area contributed by atoms with Gasteiger partial charge in [-0.25, -0.2) is 0 Å². The third-order valence-corrected chi connectivity index (χ3v) is 5.64. The Kier molecular flexibility index (Phi) is 6.72. The zero-order valence-corrected chi connectivity index (χ0v) is 15.1. The monoisotopic (exact) mass is 342 g/mol. The molecule has 0 aromatic heterocycles. The Bertz CT molecular complexity index is 550. The van der Waals surface area contributed by atoms with Crippen molar-refractivity contribution in [2.45, 2.75) is 50.4 Å². The molecule has 1 N–H and O–H groups in total. The van der Waals surface area contributed by atoms with Crippen LogP contribution in [0.2, 0.25) is 0 Å². The number of nitriles is 1. The van der Waals surface area contributed by atoms with E-state index in [-0.39, 0.29) is 5.41 Å². The predicted molar refractivity (Wildman–Crippen MR) is 98.7 cm³/mol. The van der Waals surface area contributed by atoms with Crippen LogP contribution < -0.4 is 10.1 Å². The quantitative estimate of drug-likeness (QED) is 0.799. The number of hydrogen-bond acceptors (Lipinski definition) is 4.